The molecule has 2 aliphatic carbocycles. The highest BCUT2D eigenvalue weighted by Gasteiger charge is 2.50. The Morgan fingerprint density at radius 1 is 0.353 bits per heavy atom. The van der Waals surface area contributed by atoms with E-state index in [1.807, 2.05) is 12.1 Å². The van der Waals surface area contributed by atoms with E-state index in [4.69, 9.17) is 4.42 Å². The number of benzene rings is 9. The van der Waals surface area contributed by atoms with Crippen molar-refractivity contribution in [3.05, 3.63) is 198 Å². The predicted octanol–water partition coefficient (Wildman–Crippen LogP) is 13.2. The molecule has 0 N–H and O–H groups in total. The van der Waals surface area contributed by atoms with Crippen LogP contribution in [0, 0.1) is 0 Å². The van der Waals surface area contributed by atoms with Crippen LogP contribution in [0.5, 0.6) is 0 Å². The zero-order valence-electron chi connectivity index (χ0n) is 27.6. The fraction of sp³-hybridized carbons (Fsp3) is 0.0204. The second-order valence-electron chi connectivity index (χ2n) is 14.0. The average Bonchev–Trinajstić information content (AvgIpc) is 3.81. The van der Waals surface area contributed by atoms with Crippen LogP contribution in [0.1, 0.15) is 22.3 Å². The number of para-hydroxylation sites is 1. The van der Waals surface area contributed by atoms with Crippen LogP contribution in [-0.4, -0.2) is 0 Å². The molecule has 2 heteroatoms. The number of furan rings is 1. The fourth-order valence-electron chi connectivity index (χ4n) is 9.53. The van der Waals surface area contributed by atoms with Crippen molar-refractivity contribution in [3.63, 3.8) is 0 Å². The first-order valence-corrected chi connectivity index (χ1v) is 17.7. The summed E-state index contributed by atoms with van der Waals surface area (Å²) < 4.78 is 6.43. The Balaban J connectivity index is 1.13. The Bertz CT molecular complexity index is 3050. The van der Waals surface area contributed by atoms with Gasteiger partial charge in [0.15, 0.2) is 0 Å². The highest BCUT2D eigenvalue weighted by Crippen LogP contribution is 2.62. The Morgan fingerprint density at radius 2 is 0.922 bits per heavy atom. The van der Waals surface area contributed by atoms with Crippen LogP contribution >= 0.6 is 0 Å². The van der Waals surface area contributed by atoms with Crippen LogP contribution in [-0.2, 0) is 5.41 Å². The molecule has 0 aliphatic heterocycles. The molecule has 0 amide bonds. The lowest BCUT2D eigenvalue weighted by molar-refractivity contribution is 0.669. The quantitative estimate of drug-likeness (QED) is 0.177. The maximum atomic E-state index is 6.43. The summed E-state index contributed by atoms with van der Waals surface area (Å²) >= 11 is 0. The van der Waals surface area contributed by atoms with Crippen molar-refractivity contribution in [1.82, 2.24) is 0 Å². The molecule has 1 spiro atoms. The maximum Gasteiger partial charge on any atom is 0.137 e. The minimum atomic E-state index is -0.381. The van der Waals surface area contributed by atoms with Gasteiger partial charge in [-0.2, -0.15) is 0 Å². The van der Waals surface area contributed by atoms with Crippen molar-refractivity contribution in [3.8, 4) is 11.1 Å². The van der Waals surface area contributed by atoms with Gasteiger partial charge >= 0.3 is 0 Å². The van der Waals surface area contributed by atoms with Crippen LogP contribution < -0.4 is 4.90 Å². The molecule has 0 atom stereocenters. The van der Waals surface area contributed by atoms with Gasteiger partial charge in [0, 0.05) is 33.9 Å². The third-order valence-electron chi connectivity index (χ3n) is 11.6. The van der Waals surface area contributed by atoms with E-state index < -0.39 is 0 Å². The van der Waals surface area contributed by atoms with Gasteiger partial charge in [-0.25, -0.2) is 0 Å². The lowest BCUT2D eigenvalue weighted by Crippen LogP contribution is -2.26. The number of rotatable bonds is 3. The summed E-state index contributed by atoms with van der Waals surface area (Å²) in [5.41, 5.74) is 12.7. The lowest BCUT2D eigenvalue weighted by Gasteiger charge is -2.31. The molecular formula is C49H29NO. The standard InChI is InChI=1S/C49H29NO/c1-2-10-33-27-34(22-21-30(33)9-1)50(36-23-25-39-38-14-4-6-18-45(38)51-46(39)29-36)35-24-26-42-40(28-35)37-13-3-5-15-41(37)49(42)43-16-7-11-31-19-20-32-12-8-17-44(49)48(32)47(31)43/h1-29H. The number of nitrogens with zero attached hydrogens (tertiary/aromatic N) is 1. The van der Waals surface area contributed by atoms with E-state index in [0.29, 0.717) is 0 Å². The second kappa shape index (κ2) is 9.74. The van der Waals surface area contributed by atoms with Crippen molar-refractivity contribution < 1.29 is 4.42 Å². The van der Waals surface area contributed by atoms with Crippen LogP contribution in [0.4, 0.5) is 17.1 Å². The van der Waals surface area contributed by atoms with Crippen LogP contribution in [0.25, 0.3) is 65.4 Å². The summed E-state index contributed by atoms with van der Waals surface area (Å²) in [6.45, 7) is 0. The third-order valence-corrected chi connectivity index (χ3v) is 11.6. The van der Waals surface area contributed by atoms with Crippen molar-refractivity contribution in [2.24, 2.45) is 0 Å². The molecule has 0 radical (unpaired) electrons. The van der Waals surface area contributed by atoms with Crippen LogP contribution in [0.2, 0.25) is 0 Å². The zero-order valence-corrected chi connectivity index (χ0v) is 27.6. The molecule has 51 heavy (non-hydrogen) atoms. The Kier molecular flexibility index (Phi) is 5.20. The van der Waals surface area contributed by atoms with Gasteiger partial charge < -0.3 is 9.32 Å². The minimum absolute atomic E-state index is 0.381. The Labute approximate surface area is 294 Å². The molecule has 236 valence electrons. The summed E-state index contributed by atoms with van der Waals surface area (Å²) in [6, 6.07) is 64.8. The van der Waals surface area contributed by atoms with E-state index in [1.165, 1.54) is 65.7 Å². The molecule has 0 unspecified atom stereocenters. The number of fused-ring (bicyclic) bond motifs is 11. The molecule has 9 aromatic carbocycles. The third kappa shape index (κ3) is 3.46. The van der Waals surface area contributed by atoms with Gasteiger partial charge in [0.2, 0.25) is 0 Å². The first kappa shape index (κ1) is 27.2. The van der Waals surface area contributed by atoms with Gasteiger partial charge in [-0.05, 0) is 108 Å². The van der Waals surface area contributed by atoms with Gasteiger partial charge in [0.25, 0.3) is 0 Å². The Hall–Kier alpha value is -6.64. The molecule has 1 heterocycles. The molecule has 2 aliphatic rings. The Morgan fingerprint density at radius 3 is 1.76 bits per heavy atom. The van der Waals surface area contributed by atoms with E-state index in [9.17, 15) is 0 Å². The molecule has 10 aromatic rings. The van der Waals surface area contributed by atoms with E-state index in [2.05, 4.69) is 169 Å². The van der Waals surface area contributed by atoms with Crippen LogP contribution in [0.15, 0.2) is 180 Å². The topological polar surface area (TPSA) is 16.4 Å². The van der Waals surface area contributed by atoms with Crippen molar-refractivity contribution in [2.45, 2.75) is 5.41 Å². The van der Waals surface area contributed by atoms with Gasteiger partial charge in [-0.1, -0.05) is 127 Å². The second-order valence-corrected chi connectivity index (χ2v) is 14.0. The number of hydrogen-bond donors (Lipinski definition) is 0. The van der Waals surface area contributed by atoms with Crippen molar-refractivity contribution in [2.75, 3.05) is 4.90 Å². The highest BCUT2D eigenvalue weighted by atomic mass is 16.3. The SMILES string of the molecule is c1ccc2c(c1)-c1cc(N(c3ccc4ccccc4c3)c3ccc4c(c3)oc3ccccc34)ccc1C21c2cccc3ccc4cccc1c4c23. The van der Waals surface area contributed by atoms with Crippen molar-refractivity contribution >= 4 is 71.3 Å². The molecule has 1 aromatic heterocycles. The molecule has 0 bridgehead atoms. The van der Waals surface area contributed by atoms with Gasteiger partial charge in [-0.3, -0.25) is 0 Å². The van der Waals surface area contributed by atoms with Crippen molar-refractivity contribution in [1.29, 1.82) is 0 Å². The maximum absolute atomic E-state index is 6.43. The molecule has 0 saturated carbocycles. The number of hydrogen-bond acceptors (Lipinski definition) is 2. The van der Waals surface area contributed by atoms with E-state index in [1.54, 1.807) is 0 Å². The summed E-state index contributed by atoms with van der Waals surface area (Å²) in [5, 5.41) is 10.1. The normalized spacial score (nSPS) is 13.6. The molecule has 12 rings (SSSR count). The van der Waals surface area contributed by atoms with E-state index in [-0.39, 0.29) is 5.41 Å². The summed E-state index contributed by atoms with van der Waals surface area (Å²) in [6.07, 6.45) is 0. The fourth-order valence-corrected chi connectivity index (χ4v) is 9.53. The average molecular weight is 648 g/mol. The monoisotopic (exact) mass is 647 g/mol. The van der Waals surface area contributed by atoms with Gasteiger partial charge in [-0.15, -0.1) is 0 Å². The highest BCUT2D eigenvalue weighted by molar-refractivity contribution is 6.17. The number of anilines is 3. The first-order chi connectivity index (χ1) is 25.3. The molecule has 2 nitrogen and oxygen atoms in total. The van der Waals surface area contributed by atoms with Crippen LogP contribution in [0.3, 0.4) is 0 Å². The smallest absolute Gasteiger partial charge is 0.137 e. The summed E-state index contributed by atoms with van der Waals surface area (Å²) in [4.78, 5) is 2.39. The lowest BCUT2D eigenvalue weighted by atomic mass is 9.70. The van der Waals surface area contributed by atoms with E-state index >= 15 is 0 Å². The summed E-state index contributed by atoms with van der Waals surface area (Å²) in [5.74, 6) is 0. The minimum Gasteiger partial charge on any atom is -0.456 e. The molecule has 0 saturated heterocycles. The van der Waals surface area contributed by atoms with Gasteiger partial charge in [0.05, 0.1) is 5.41 Å². The molecular weight excluding hydrogens is 619 g/mol. The predicted molar refractivity (Wildman–Crippen MR) is 212 cm³/mol. The van der Waals surface area contributed by atoms with Gasteiger partial charge in [0.1, 0.15) is 11.2 Å². The molecule has 0 fully saturated rings. The zero-order chi connectivity index (χ0) is 33.3. The van der Waals surface area contributed by atoms with E-state index in [0.717, 1.165) is 39.0 Å². The first-order valence-electron chi connectivity index (χ1n) is 17.7. The summed E-state index contributed by atoms with van der Waals surface area (Å²) in [7, 11) is 0. The largest absolute Gasteiger partial charge is 0.456 e.